The van der Waals surface area contributed by atoms with E-state index in [1.807, 2.05) is 67.6 Å². The molecule has 2 aromatic carbocycles. The third-order valence-electron chi connectivity index (χ3n) is 4.73. The number of hydrogen-bond acceptors (Lipinski definition) is 5. The smallest absolute Gasteiger partial charge is 0.213 e. The van der Waals surface area contributed by atoms with Crippen molar-refractivity contribution in [1.29, 1.82) is 0 Å². The minimum atomic E-state index is 0. The van der Waals surface area contributed by atoms with Crippen LogP contribution >= 0.6 is 24.0 Å². The minimum Gasteiger partial charge on any atom is -0.497 e. The maximum Gasteiger partial charge on any atom is 0.213 e. The molecule has 8 heteroatoms. The van der Waals surface area contributed by atoms with E-state index in [9.17, 15) is 0 Å². The number of rotatable bonds is 10. The molecule has 0 aliphatic carbocycles. The van der Waals surface area contributed by atoms with E-state index in [1.54, 1.807) is 20.4 Å². The molecular weight excluding hydrogens is 531 g/mol. The van der Waals surface area contributed by atoms with Crippen LogP contribution in [-0.4, -0.2) is 31.7 Å². The lowest BCUT2D eigenvalue weighted by atomic mass is 10.2. The Morgan fingerprint density at radius 3 is 2.48 bits per heavy atom. The second kappa shape index (κ2) is 14.2. The van der Waals surface area contributed by atoms with Gasteiger partial charge < -0.3 is 24.8 Å². The standard InChI is InChI=1S/C25H30N4O3.HI/c1-4-26-25(29-17-21-10-11-22(30-2)15-23(21)31-3)28-16-20-12-13-27-24(14-20)32-18-19-8-6-5-7-9-19;/h5-15H,4,16-18H2,1-3H3,(H2,26,28,29);1H. The maximum absolute atomic E-state index is 5.82. The molecule has 0 saturated carbocycles. The number of ether oxygens (including phenoxy) is 3. The number of benzene rings is 2. The minimum absolute atomic E-state index is 0. The highest BCUT2D eigenvalue weighted by atomic mass is 127. The lowest BCUT2D eigenvalue weighted by Crippen LogP contribution is -2.36. The van der Waals surface area contributed by atoms with Crippen LogP contribution in [0.1, 0.15) is 23.6 Å². The third kappa shape index (κ3) is 8.45. The van der Waals surface area contributed by atoms with E-state index in [4.69, 9.17) is 19.2 Å². The van der Waals surface area contributed by atoms with Gasteiger partial charge in [-0.1, -0.05) is 30.3 Å². The number of aromatic nitrogens is 1. The highest BCUT2D eigenvalue weighted by molar-refractivity contribution is 14.0. The van der Waals surface area contributed by atoms with Crippen LogP contribution in [0.4, 0.5) is 0 Å². The molecule has 1 heterocycles. The average Bonchev–Trinajstić information content (AvgIpc) is 2.85. The number of nitrogens with one attached hydrogen (secondary N) is 2. The Balaban J connectivity index is 0.00000385. The van der Waals surface area contributed by atoms with Gasteiger partial charge >= 0.3 is 0 Å². The van der Waals surface area contributed by atoms with Crippen LogP contribution in [0.2, 0.25) is 0 Å². The van der Waals surface area contributed by atoms with E-state index in [-0.39, 0.29) is 24.0 Å². The lowest BCUT2D eigenvalue weighted by molar-refractivity contribution is 0.293. The summed E-state index contributed by atoms with van der Waals surface area (Å²) in [6.45, 7) is 4.34. The summed E-state index contributed by atoms with van der Waals surface area (Å²) in [5.41, 5.74) is 3.13. The highest BCUT2D eigenvalue weighted by Crippen LogP contribution is 2.24. The summed E-state index contributed by atoms with van der Waals surface area (Å²) < 4.78 is 16.6. The molecule has 1 aromatic heterocycles. The normalized spacial score (nSPS) is 10.7. The van der Waals surface area contributed by atoms with Gasteiger partial charge in [-0.15, -0.1) is 24.0 Å². The predicted octanol–water partition coefficient (Wildman–Crippen LogP) is 4.55. The highest BCUT2D eigenvalue weighted by Gasteiger charge is 2.07. The maximum atomic E-state index is 5.82. The molecule has 33 heavy (non-hydrogen) atoms. The Hall–Kier alpha value is -3.01. The molecular formula is C25H31IN4O3. The van der Waals surface area contributed by atoms with Crippen molar-refractivity contribution in [1.82, 2.24) is 15.6 Å². The van der Waals surface area contributed by atoms with Gasteiger partial charge in [-0.05, 0) is 36.2 Å². The van der Waals surface area contributed by atoms with Crippen molar-refractivity contribution in [3.8, 4) is 17.4 Å². The fourth-order valence-corrected chi connectivity index (χ4v) is 3.05. The van der Waals surface area contributed by atoms with Gasteiger partial charge in [0, 0.05) is 37.0 Å². The summed E-state index contributed by atoms with van der Waals surface area (Å²) in [6, 6.07) is 19.7. The summed E-state index contributed by atoms with van der Waals surface area (Å²) >= 11 is 0. The summed E-state index contributed by atoms with van der Waals surface area (Å²) in [5.74, 6) is 2.83. The molecule has 0 amide bonds. The van der Waals surface area contributed by atoms with Crippen LogP contribution in [0.15, 0.2) is 71.9 Å². The molecule has 0 aliphatic rings. The summed E-state index contributed by atoms with van der Waals surface area (Å²) in [6.07, 6.45) is 1.74. The molecule has 3 aromatic rings. The van der Waals surface area contributed by atoms with Crippen LogP contribution in [-0.2, 0) is 19.7 Å². The molecule has 0 aliphatic heterocycles. The summed E-state index contributed by atoms with van der Waals surface area (Å²) in [5, 5.41) is 6.62. The zero-order valence-electron chi connectivity index (χ0n) is 19.2. The van der Waals surface area contributed by atoms with Gasteiger partial charge in [-0.25, -0.2) is 9.98 Å². The molecule has 0 saturated heterocycles. The van der Waals surface area contributed by atoms with Crippen LogP contribution in [0.5, 0.6) is 17.4 Å². The first-order valence-electron chi connectivity index (χ1n) is 10.6. The number of halogens is 1. The second-order valence-electron chi connectivity index (χ2n) is 7.00. The Morgan fingerprint density at radius 2 is 1.76 bits per heavy atom. The Labute approximate surface area is 212 Å². The van der Waals surface area contributed by atoms with Crippen LogP contribution in [0.3, 0.4) is 0 Å². The molecule has 3 rings (SSSR count). The van der Waals surface area contributed by atoms with Gasteiger partial charge in [0.1, 0.15) is 18.1 Å². The van der Waals surface area contributed by atoms with E-state index in [1.165, 1.54) is 0 Å². The predicted molar refractivity (Wildman–Crippen MR) is 142 cm³/mol. The van der Waals surface area contributed by atoms with Crippen molar-refractivity contribution in [2.75, 3.05) is 20.8 Å². The zero-order valence-corrected chi connectivity index (χ0v) is 21.5. The topological polar surface area (TPSA) is 77.0 Å². The van der Waals surface area contributed by atoms with Crippen LogP contribution in [0.25, 0.3) is 0 Å². The fourth-order valence-electron chi connectivity index (χ4n) is 3.05. The first-order valence-corrected chi connectivity index (χ1v) is 10.6. The molecule has 7 nitrogen and oxygen atoms in total. The molecule has 2 N–H and O–H groups in total. The van der Waals surface area contributed by atoms with Gasteiger partial charge in [0.15, 0.2) is 5.96 Å². The summed E-state index contributed by atoms with van der Waals surface area (Å²) in [7, 11) is 3.29. The van der Waals surface area contributed by atoms with Crippen molar-refractivity contribution in [2.24, 2.45) is 4.99 Å². The number of hydrogen-bond donors (Lipinski definition) is 2. The van der Waals surface area contributed by atoms with Crippen molar-refractivity contribution >= 4 is 29.9 Å². The van der Waals surface area contributed by atoms with E-state index < -0.39 is 0 Å². The Kier molecular flexibility index (Phi) is 11.3. The van der Waals surface area contributed by atoms with Gasteiger partial charge in [-0.2, -0.15) is 0 Å². The molecule has 0 atom stereocenters. The SMILES string of the molecule is CCNC(=NCc1ccnc(OCc2ccccc2)c1)NCc1ccc(OC)cc1OC.I. The van der Waals surface area contributed by atoms with Crippen molar-refractivity contribution < 1.29 is 14.2 Å². The van der Waals surface area contributed by atoms with Crippen molar-refractivity contribution in [3.63, 3.8) is 0 Å². The number of methoxy groups -OCH3 is 2. The zero-order chi connectivity index (χ0) is 22.6. The lowest BCUT2D eigenvalue weighted by Gasteiger charge is -2.14. The van der Waals surface area contributed by atoms with E-state index in [2.05, 4.69) is 15.6 Å². The molecule has 0 fully saturated rings. The van der Waals surface area contributed by atoms with Crippen molar-refractivity contribution in [3.05, 3.63) is 83.6 Å². The van der Waals surface area contributed by atoms with Gasteiger partial charge in [0.2, 0.25) is 5.88 Å². The van der Waals surface area contributed by atoms with Gasteiger partial charge in [0.25, 0.3) is 0 Å². The first-order chi connectivity index (χ1) is 15.7. The fraction of sp³-hybridized carbons (Fsp3) is 0.280. The molecule has 0 bridgehead atoms. The number of pyridine rings is 1. The van der Waals surface area contributed by atoms with Crippen LogP contribution < -0.4 is 24.8 Å². The third-order valence-corrected chi connectivity index (χ3v) is 4.73. The Bertz CT molecular complexity index is 1020. The van der Waals surface area contributed by atoms with E-state index >= 15 is 0 Å². The van der Waals surface area contributed by atoms with Gasteiger partial charge in [-0.3, -0.25) is 0 Å². The number of guanidine groups is 1. The van der Waals surface area contributed by atoms with Crippen molar-refractivity contribution in [2.45, 2.75) is 26.6 Å². The van der Waals surface area contributed by atoms with Gasteiger partial charge in [0.05, 0.1) is 20.8 Å². The number of aliphatic imine (C=N–C) groups is 1. The molecule has 176 valence electrons. The molecule has 0 radical (unpaired) electrons. The Morgan fingerprint density at radius 1 is 0.939 bits per heavy atom. The second-order valence-corrected chi connectivity index (χ2v) is 7.00. The van der Waals surface area contributed by atoms with Crippen LogP contribution in [0, 0.1) is 0 Å². The average molecular weight is 562 g/mol. The molecule has 0 spiro atoms. The number of nitrogens with zero attached hydrogens (tertiary/aromatic N) is 2. The first kappa shape index (κ1) is 26.2. The quantitative estimate of drug-likeness (QED) is 0.215. The largest absolute Gasteiger partial charge is 0.497 e. The monoisotopic (exact) mass is 562 g/mol. The molecule has 0 unspecified atom stereocenters. The summed E-state index contributed by atoms with van der Waals surface area (Å²) in [4.78, 5) is 8.99. The van der Waals surface area contributed by atoms with E-state index in [0.29, 0.717) is 31.5 Å². The van der Waals surface area contributed by atoms with E-state index in [0.717, 1.165) is 34.7 Å².